The molecule has 1 fully saturated rings. The number of benzene rings is 1. The van der Waals surface area contributed by atoms with Gasteiger partial charge in [0.1, 0.15) is 0 Å². The topological polar surface area (TPSA) is 32.3 Å². The number of carbonyl (C=O) groups is 1. The molecule has 0 unspecified atom stereocenters. The second-order valence-electron chi connectivity index (χ2n) is 6.83. The van der Waals surface area contributed by atoms with Crippen LogP contribution in [0.25, 0.3) is 0 Å². The Balaban J connectivity index is 1.58. The van der Waals surface area contributed by atoms with Crippen LogP contribution >= 0.6 is 11.3 Å². The second-order valence-corrected chi connectivity index (χ2v) is 7.78. The number of amides is 1. The molecular formula is C20H26N2OS. The summed E-state index contributed by atoms with van der Waals surface area (Å²) in [7, 11) is 4.09. The molecule has 3 nitrogen and oxygen atoms in total. The zero-order valence-electron chi connectivity index (χ0n) is 14.5. The smallest absolute Gasteiger partial charge is 0.231 e. The Labute approximate surface area is 148 Å². The van der Waals surface area contributed by atoms with Crippen LogP contribution in [0.15, 0.2) is 41.8 Å². The number of nitrogens with one attached hydrogen (secondary N) is 1. The first kappa shape index (κ1) is 17.0. The van der Waals surface area contributed by atoms with Crippen molar-refractivity contribution in [2.24, 2.45) is 0 Å². The van der Waals surface area contributed by atoms with Crippen LogP contribution in [0.1, 0.15) is 36.1 Å². The van der Waals surface area contributed by atoms with Gasteiger partial charge in [0.05, 0.1) is 5.41 Å². The molecule has 3 rings (SSSR count). The minimum absolute atomic E-state index is 0.215. The number of rotatable bonds is 6. The molecule has 0 spiro atoms. The van der Waals surface area contributed by atoms with E-state index in [2.05, 4.69) is 52.0 Å². The predicted octanol–water partition coefficient (Wildman–Crippen LogP) is 3.98. The molecule has 1 aliphatic carbocycles. The summed E-state index contributed by atoms with van der Waals surface area (Å²) in [6, 6.07) is 12.7. The maximum Gasteiger partial charge on any atom is 0.231 e. The van der Waals surface area contributed by atoms with E-state index in [1.54, 1.807) is 11.3 Å². The minimum Gasteiger partial charge on any atom is -0.378 e. The number of nitrogens with zero attached hydrogens (tertiary/aromatic N) is 1. The third-order valence-corrected chi connectivity index (χ3v) is 6.11. The van der Waals surface area contributed by atoms with Gasteiger partial charge in [-0.3, -0.25) is 4.79 Å². The number of anilines is 1. The lowest BCUT2D eigenvalue weighted by molar-refractivity contribution is -0.126. The van der Waals surface area contributed by atoms with Gasteiger partial charge in [-0.25, -0.2) is 0 Å². The molecule has 24 heavy (non-hydrogen) atoms. The van der Waals surface area contributed by atoms with Gasteiger partial charge in [-0.05, 0) is 48.4 Å². The Morgan fingerprint density at radius 1 is 1.17 bits per heavy atom. The third kappa shape index (κ3) is 3.48. The first-order chi connectivity index (χ1) is 11.6. The molecule has 1 aromatic carbocycles. The number of carbonyl (C=O) groups excluding carboxylic acids is 1. The van der Waals surface area contributed by atoms with Gasteiger partial charge in [-0.2, -0.15) is 0 Å². The largest absolute Gasteiger partial charge is 0.378 e. The Morgan fingerprint density at radius 2 is 1.88 bits per heavy atom. The summed E-state index contributed by atoms with van der Waals surface area (Å²) in [6.07, 6.45) is 5.14. The minimum atomic E-state index is -0.275. The zero-order chi connectivity index (χ0) is 17.0. The molecule has 1 aromatic heterocycles. The van der Waals surface area contributed by atoms with E-state index in [1.165, 1.54) is 16.1 Å². The van der Waals surface area contributed by atoms with Gasteiger partial charge in [0.25, 0.3) is 0 Å². The van der Waals surface area contributed by atoms with Crippen LogP contribution in [0, 0.1) is 0 Å². The van der Waals surface area contributed by atoms with Crippen molar-refractivity contribution >= 4 is 22.9 Å². The Morgan fingerprint density at radius 3 is 2.46 bits per heavy atom. The number of hydrogen-bond acceptors (Lipinski definition) is 3. The molecule has 1 N–H and O–H groups in total. The van der Waals surface area contributed by atoms with Crippen molar-refractivity contribution < 1.29 is 4.79 Å². The van der Waals surface area contributed by atoms with Crippen LogP contribution < -0.4 is 10.2 Å². The standard InChI is InChI=1S/C20H26N2OS/c1-22(2)17-9-7-16(8-10-17)11-14-21-19(23)20(12-3-4-13-20)18-6-5-15-24-18/h5-10,15H,3-4,11-14H2,1-2H3,(H,21,23). The van der Waals surface area contributed by atoms with Crippen molar-refractivity contribution in [3.05, 3.63) is 52.2 Å². The lowest BCUT2D eigenvalue weighted by Crippen LogP contribution is -2.42. The van der Waals surface area contributed by atoms with Gasteiger partial charge in [0.2, 0.25) is 5.91 Å². The molecule has 1 saturated carbocycles. The summed E-state index contributed by atoms with van der Waals surface area (Å²) < 4.78 is 0. The molecule has 0 atom stereocenters. The fourth-order valence-corrected chi connectivity index (χ4v) is 4.55. The van der Waals surface area contributed by atoms with Gasteiger partial charge in [0.15, 0.2) is 0 Å². The molecule has 1 heterocycles. The van der Waals surface area contributed by atoms with Crippen molar-refractivity contribution in [2.45, 2.75) is 37.5 Å². The molecule has 0 bridgehead atoms. The van der Waals surface area contributed by atoms with Crippen LogP contribution in [-0.2, 0) is 16.6 Å². The van der Waals surface area contributed by atoms with Gasteiger partial charge in [-0.1, -0.05) is 31.0 Å². The van der Waals surface area contributed by atoms with Crippen LogP contribution in [0.4, 0.5) is 5.69 Å². The van der Waals surface area contributed by atoms with E-state index in [0.717, 1.165) is 32.1 Å². The van der Waals surface area contributed by atoms with E-state index in [1.807, 2.05) is 14.1 Å². The average Bonchev–Trinajstić information content (AvgIpc) is 3.27. The molecule has 1 aliphatic rings. The number of hydrogen-bond donors (Lipinski definition) is 1. The third-order valence-electron chi connectivity index (χ3n) is 5.04. The van der Waals surface area contributed by atoms with Crippen molar-refractivity contribution in [3.8, 4) is 0 Å². The van der Waals surface area contributed by atoms with E-state index < -0.39 is 0 Å². The lowest BCUT2D eigenvalue weighted by Gasteiger charge is -2.26. The first-order valence-corrected chi connectivity index (χ1v) is 9.58. The van der Waals surface area contributed by atoms with Gasteiger partial charge in [-0.15, -0.1) is 11.3 Å². The van der Waals surface area contributed by atoms with Crippen molar-refractivity contribution in [2.75, 3.05) is 25.5 Å². The molecular weight excluding hydrogens is 316 g/mol. The lowest BCUT2D eigenvalue weighted by atomic mass is 9.83. The first-order valence-electron chi connectivity index (χ1n) is 8.70. The normalized spacial score (nSPS) is 16.1. The highest BCUT2D eigenvalue weighted by molar-refractivity contribution is 7.10. The summed E-state index contributed by atoms with van der Waals surface area (Å²) in [5.41, 5.74) is 2.19. The van der Waals surface area contributed by atoms with E-state index in [-0.39, 0.29) is 11.3 Å². The molecule has 0 radical (unpaired) electrons. The molecule has 0 saturated heterocycles. The molecule has 1 amide bonds. The van der Waals surface area contributed by atoms with Gasteiger partial charge < -0.3 is 10.2 Å². The molecule has 4 heteroatoms. The maximum atomic E-state index is 12.9. The Kier molecular flexibility index (Phi) is 5.24. The summed E-state index contributed by atoms with van der Waals surface area (Å²) in [5, 5.41) is 5.28. The van der Waals surface area contributed by atoms with Crippen LogP contribution in [0.3, 0.4) is 0 Å². The second kappa shape index (κ2) is 7.39. The van der Waals surface area contributed by atoms with E-state index in [9.17, 15) is 4.79 Å². The predicted molar refractivity (Wildman–Crippen MR) is 102 cm³/mol. The fraction of sp³-hybridized carbons (Fsp3) is 0.450. The quantitative estimate of drug-likeness (QED) is 0.861. The van der Waals surface area contributed by atoms with Crippen molar-refractivity contribution in [1.82, 2.24) is 5.32 Å². The van der Waals surface area contributed by atoms with Gasteiger partial charge >= 0.3 is 0 Å². The number of thiophene rings is 1. The summed E-state index contributed by atoms with van der Waals surface area (Å²) in [5.74, 6) is 0.215. The van der Waals surface area contributed by atoms with Crippen LogP contribution in [0.5, 0.6) is 0 Å². The van der Waals surface area contributed by atoms with Gasteiger partial charge in [0, 0.05) is 31.2 Å². The molecule has 0 aliphatic heterocycles. The highest BCUT2D eigenvalue weighted by atomic mass is 32.1. The van der Waals surface area contributed by atoms with E-state index in [4.69, 9.17) is 0 Å². The van der Waals surface area contributed by atoms with E-state index >= 15 is 0 Å². The van der Waals surface area contributed by atoms with Crippen molar-refractivity contribution in [3.63, 3.8) is 0 Å². The molecule has 128 valence electrons. The Hall–Kier alpha value is -1.81. The Bertz CT molecular complexity index is 655. The van der Waals surface area contributed by atoms with Crippen molar-refractivity contribution in [1.29, 1.82) is 0 Å². The summed E-state index contributed by atoms with van der Waals surface area (Å²) in [4.78, 5) is 16.2. The average molecular weight is 343 g/mol. The summed E-state index contributed by atoms with van der Waals surface area (Å²) >= 11 is 1.72. The zero-order valence-corrected chi connectivity index (χ0v) is 15.4. The molecule has 2 aromatic rings. The monoisotopic (exact) mass is 342 g/mol. The highest BCUT2D eigenvalue weighted by Crippen LogP contribution is 2.43. The van der Waals surface area contributed by atoms with E-state index in [0.29, 0.717) is 6.54 Å². The maximum absolute atomic E-state index is 12.9. The fourth-order valence-electron chi connectivity index (χ4n) is 3.57. The highest BCUT2D eigenvalue weighted by Gasteiger charge is 2.43. The summed E-state index contributed by atoms with van der Waals surface area (Å²) in [6.45, 7) is 0.702. The van der Waals surface area contributed by atoms with Crippen LogP contribution in [-0.4, -0.2) is 26.5 Å². The SMILES string of the molecule is CN(C)c1ccc(CCNC(=O)C2(c3cccs3)CCCC2)cc1. The van der Waals surface area contributed by atoms with Crippen LogP contribution in [0.2, 0.25) is 0 Å².